The molecule has 190 valence electrons. The van der Waals surface area contributed by atoms with E-state index in [4.69, 9.17) is 16.3 Å². The van der Waals surface area contributed by atoms with Crippen molar-refractivity contribution in [2.24, 2.45) is 0 Å². The molecule has 38 heavy (non-hydrogen) atoms. The number of carbonyl (C=O) groups excluding carboxylic acids is 2. The SMILES string of the molecule is CN1C(=O)C2(CCCN(C#N)C2)Nc2c1cnc1[nH]cc(C(=O)c3ccc(Oc4ccccc4)cc3Cl)c21. The number of aromatic nitrogens is 2. The van der Waals surface area contributed by atoms with Gasteiger partial charge < -0.3 is 24.8 Å². The number of H-pyrrole nitrogens is 1. The highest BCUT2D eigenvalue weighted by molar-refractivity contribution is 6.36. The number of likely N-dealkylation sites (N-methyl/N-ethyl adjacent to an activating group) is 1. The van der Waals surface area contributed by atoms with Gasteiger partial charge in [-0.05, 0) is 37.1 Å². The first-order chi connectivity index (χ1) is 18.4. The molecule has 10 heteroatoms. The van der Waals surface area contributed by atoms with E-state index in [9.17, 15) is 14.9 Å². The summed E-state index contributed by atoms with van der Waals surface area (Å²) in [5.41, 5.74) is 1.41. The molecule has 1 amide bonds. The van der Waals surface area contributed by atoms with Crippen LogP contribution in [0.1, 0.15) is 28.8 Å². The molecule has 0 radical (unpaired) electrons. The molecule has 9 nitrogen and oxygen atoms in total. The molecule has 4 heterocycles. The van der Waals surface area contributed by atoms with Crippen LogP contribution in [0.15, 0.2) is 60.9 Å². The van der Waals surface area contributed by atoms with E-state index in [-0.39, 0.29) is 23.3 Å². The Morgan fingerprint density at radius 1 is 1.18 bits per heavy atom. The van der Waals surface area contributed by atoms with E-state index in [0.29, 0.717) is 64.4 Å². The van der Waals surface area contributed by atoms with E-state index in [2.05, 4.69) is 21.5 Å². The van der Waals surface area contributed by atoms with Gasteiger partial charge in [0.25, 0.3) is 5.91 Å². The normalized spacial score (nSPS) is 18.7. The second-order valence-corrected chi connectivity index (χ2v) is 9.93. The van der Waals surface area contributed by atoms with Gasteiger partial charge in [0.2, 0.25) is 0 Å². The van der Waals surface area contributed by atoms with Gasteiger partial charge in [0, 0.05) is 31.4 Å². The van der Waals surface area contributed by atoms with Crippen LogP contribution in [0.3, 0.4) is 0 Å². The molecule has 0 aliphatic carbocycles. The Hall–Kier alpha value is -4.55. The van der Waals surface area contributed by atoms with Crippen molar-refractivity contribution in [3.8, 4) is 17.7 Å². The molecule has 2 aromatic heterocycles. The average molecular weight is 527 g/mol. The molecule has 2 N–H and O–H groups in total. The highest BCUT2D eigenvalue weighted by atomic mass is 35.5. The standard InChI is InChI=1S/C28H23ClN6O3/c1-34-22-14-32-26-23(24(22)33-28(27(34)37)10-5-11-35(15-28)16-30)20(13-31-26)25(36)19-9-8-18(12-21(19)29)38-17-6-3-2-4-7-17/h2-4,6-9,12-14,33H,5,10-11,15H2,1H3,(H,31,32). The third-order valence-electron chi connectivity index (χ3n) is 7.16. The number of ketones is 1. The van der Waals surface area contributed by atoms with Gasteiger partial charge in [0.05, 0.1) is 40.1 Å². The van der Waals surface area contributed by atoms with Gasteiger partial charge in [0.15, 0.2) is 12.0 Å². The Morgan fingerprint density at radius 3 is 2.76 bits per heavy atom. The number of benzene rings is 2. The number of amides is 1. The Morgan fingerprint density at radius 2 is 2.00 bits per heavy atom. The number of pyridine rings is 1. The van der Waals surface area contributed by atoms with Crippen LogP contribution < -0.4 is 15.0 Å². The zero-order chi connectivity index (χ0) is 26.4. The Balaban J connectivity index is 1.39. The fourth-order valence-corrected chi connectivity index (χ4v) is 5.56. The summed E-state index contributed by atoms with van der Waals surface area (Å²) in [5, 5.41) is 13.8. The minimum atomic E-state index is -0.977. The highest BCUT2D eigenvalue weighted by Crippen LogP contribution is 2.43. The zero-order valence-electron chi connectivity index (χ0n) is 20.5. The Bertz CT molecular complexity index is 1630. The summed E-state index contributed by atoms with van der Waals surface area (Å²) < 4.78 is 5.85. The van der Waals surface area contributed by atoms with E-state index >= 15 is 0 Å². The average Bonchev–Trinajstić information content (AvgIpc) is 3.37. The predicted octanol–water partition coefficient (Wildman–Crippen LogP) is 4.94. The van der Waals surface area contributed by atoms with Gasteiger partial charge in [-0.15, -0.1) is 0 Å². The van der Waals surface area contributed by atoms with Crippen LogP contribution in [-0.4, -0.2) is 52.2 Å². The minimum absolute atomic E-state index is 0.133. The first-order valence-electron chi connectivity index (χ1n) is 12.2. The number of nitriles is 1. The molecule has 4 aromatic rings. The van der Waals surface area contributed by atoms with Gasteiger partial charge in [-0.25, -0.2) is 4.98 Å². The predicted molar refractivity (Wildman–Crippen MR) is 144 cm³/mol. The molecule has 1 spiro atoms. The number of aromatic amines is 1. The van der Waals surface area contributed by atoms with Crippen molar-refractivity contribution >= 4 is 45.7 Å². The number of hydrogen-bond donors (Lipinski definition) is 2. The van der Waals surface area contributed by atoms with Crippen LogP contribution in [0.4, 0.5) is 11.4 Å². The maximum atomic E-state index is 13.8. The van der Waals surface area contributed by atoms with Gasteiger partial charge in [-0.3, -0.25) is 9.59 Å². The lowest BCUT2D eigenvalue weighted by Gasteiger charge is -2.46. The molecule has 1 unspecified atom stereocenters. The number of anilines is 2. The van der Waals surface area contributed by atoms with E-state index in [0.717, 1.165) is 0 Å². The lowest BCUT2D eigenvalue weighted by Crippen LogP contribution is -2.63. The quantitative estimate of drug-likeness (QED) is 0.286. The third-order valence-corrected chi connectivity index (χ3v) is 7.48. The Kier molecular flexibility index (Phi) is 5.69. The molecule has 2 aliphatic rings. The second-order valence-electron chi connectivity index (χ2n) is 9.53. The van der Waals surface area contributed by atoms with Crippen molar-refractivity contribution in [1.29, 1.82) is 5.26 Å². The number of para-hydroxylation sites is 1. The summed E-state index contributed by atoms with van der Waals surface area (Å²) in [4.78, 5) is 37.9. The first kappa shape index (κ1) is 23.8. The number of ether oxygens (including phenoxy) is 1. The van der Waals surface area contributed by atoms with Crippen molar-refractivity contribution in [2.75, 3.05) is 30.4 Å². The van der Waals surface area contributed by atoms with Gasteiger partial charge >= 0.3 is 0 Å². The van der Waals surface area contributed by atoms with Crippen molar-refractivity contribution in [2.45, 2.75) is 18.4 Å². The molecule has 1 fully saturated rings. The van der Waals surface area contributed by atoms with E-state index in [1.807, 2.05) is 30.3 Å². The maximum Gasteiger partial charge on any atom is 0.254 e. The number of nitrogens with one attached hydrogen (secondary N) is 2. The minimum Gasteiger partial charge on any atom is -0.457 e. The second kappa shape index (κ2) is 9.08. The molecule has 6 rings (SSSR count). The maximum absolute atomic E-state index is 13.8. The van der Waals surface area contributed by atoms with Crippen LogP contribution in [0, 0.1) is 11.5 Å². The van der Waals surface area contributed by atoms with Gasteiger partial charge in [-0.2, -0.15) is 5.26 Å². The van der Waals surface area contributed by atoms with Gasteiger partial charge in [0.1, 0.15) is 22.7 Å². The third kappa shape index (κ3) is 3.81. The lowest BCUT2D eigenvalue weighted by molar-refractivity contribution is -0.124. The topological polar surface area (TPSA) is 114 Å². The molecule has 2 aliphatic heterocycles. The summed E-state index contributed by atoms with van der Waals surface area (Å²) in [5.74, 6) is 0.749. The number of nitrogens with zero attached hydrogens (tertiary/aromatic N) is 4. The number of halogens is 1. The zero-order valence-corrected chi connectivity index (χ0v) is 21.2. The molecule has 0 bridgehead atoms. The summed E-state index contributed by atoms with van der Waals surface area (Å²) in [6.45, 7) is 0.851. The largest absolute Gasteiger partial charge is 0.457 e. The molecular formula is C28H23ClN6O3. The fourth-order valence-electron chi connectivity index (χ4n) is 5.30. The Labute approximate surface area is 223 Å². The van der Waals surface area contributed by atoms with E-state index < -0.39 is 5.54 Å². The van der Waals surface area contributed by atoms with Crippen molar-refractivity contribution < 1.29 is 14.3 Å². The van der Waals surface area contributed by atoms with Crippen LogP contribution >= 0.6 is 11.6 Å². The van der Waals surface area contributed by atoms with Crippen molar-refractivity contribution in [1.82, 2.24) is 14.9 Å². The van der Waals surface area contributed by atoms with Gasteiger partial charge in [-0.1, -0.05) is 29.8 Å². The molecule has 1 atom stereocenters. The molecular weight excluding hydrogens is 504 g/mol. The van der Waals surface area contributed by atoms with E-state index in [1.54, 1.807) is 47.4 Å². The van der Waals surface area contributed by atoms with Crippen LogP contribution in [0.2, 0.25) is 5.02 Å². The number of hydrogen-bond acceptors (Lipinski definition) is 7. The van der Waals surface area contributed by atoms with Crippen LogP contribution in [0.25, 0.3) is 11.0 Å². The monoisotopic (exact) mass is 526 g/mol. The number of carbonyl (C=O) groups is 2. The molecule has 2 aromatic carbocycles. The molecule has 0 saturated carbocycles. The number of rotatable bonds is 4. The summed E-state index contributed by atoms with van der Waals surface area (Å²) in [6, 6.07) is 14.3. The summed E-state index contributed by atoms with van der Waals surface area (Å²) >= 11 is 6.56. The fraction of sp³-hybridized carbons (Fsp3) is 0.214. The highest BCUT2D eigenvalue weighted by Gasteiger charge is 2.48. The van der Waals surface area contributed by atoms with Crippen LogP contribution in [-0.2, 0) is 4.79 Å². The van der Waals surface area contributed by atoms with Crippen molar-refractivity contribution in [3.63, 3.8) is 0 Å². The lowest BCUT2D eigenvalue weighted by atomic mass is 9.85. The summed E-state index contributed by atoms with van der Waals surface area (Å²) in [6.07, 6.45) is 6.64. The number of likely N-dealkylation sites (tertiary alicyclic amines) is 1. The molecule has 1 saturated heterocycles. The van der Waals surface area contributed by atoms with Crippen molar-refractivity contribution in [3.05, 3.63) is 77.1 Å². The van der Waals surface area contributed by atoms with E-state index in [1.165, 1.54) is 0 Å². The first-order valence-corrected chi connectivity index (χ1v) is 12.6. The van der Waals surface area contributed by atoms with Crippen LogP contribution in [0.5, 0.6) is 11.5 Å². The smallest absolute Gasteiger partial charge is 0.254 e. The number of piperidine rings is 1. The number of fused-ring (bicyclic) bond motifs is 3. The summed E-state index contributed by atoms with van der Waals surface area (Å²) in [7, 11) is 1.69.